The van der Waals surface area contributed by atoms with Gasteiger partial charge in [-0.2, -0.15) is 0 Å². The number of nitrogens with zero attached hydrogens (tertiary/aromatic N) is 4. The van der Waals surface area contributed by atoms with Crippen LogP contribution in [0.5, 0.6) is 0 Å². The number of carboxylic acid groups (broad SMARTS) is 1. The van der Waals surface area contributed by atoms with Gasteiger partial charge in [-0.05, 0) is 13.3 Å². The number of rotatable bonds is 6. The number of likely N-dealkylation sites (tertiary alicyclic amines) is 1. The molecule has 12 heteroatoms. The average molecular weight is 526 g/mol. The quantitative estimate of drug-likeness (QED) is 0.353. The molecule has 0 aromatic carbocycles. The van der Waals surface area contributed by atoms with Gasteiger partial charge in [0.1, 0.15) is 18.4 Å². The number of hydrogen-bond donors (Lipinski definition) is 2. The number of aryl methyl sites for hydroxylation is 1. The Bertz CT molecular complexity index is 1060. The maximum atomic E-state index is 13.2. The largest absolute Gasteiger partial charge is 0.543 e. The number of carbonyl (C=O) groups excluding carboxylic acids is 3. The fourth-order valence-electron chi connectivity index (χ4n) is 5.92. The fourth-order valence-corrected chi connectivity index (χ4v) is 7.40. The zero-order valence-corrected chi connectivity index (χ0v) is 21.6. The molecule has 2 amide bonds. The van der Waals surface area contributed by atoms with Crippen molar-refractivity contribution in [3.8, 4) is 0 Å². The van der Waals surface area contributed by atoms with E-state index in [9.17, 15) is 24.6 Å². The predicted molar refractivity (Wildman–Crippen MR) is 128 cm³/mol. The van der Waals surface area contributed by atoms with Gasteiger partial charge >= 0.3 is 0 Å². The number of aliphatic carboxylic acids is 1. The fraction of sp³-hybridized carbons (Fsp3) is 0.652. The molecule has 10 nitrogen and oxygen atoms in total. The zero-order chi connectivity index (χ0) is 24.3. The first-order valence-corrected chi connectivity index (χ1v) is 12.7. The molecule has 7 atom stereocenters. The number of hydrogen-bond acceptors (Lipinski definition) is 7. The van der Waals surface area contributed by atoms with Gasteiger partial charge in [-0.15, -0.1) is 24.2 Å². The number of β-lactam (4-membered cyclic amide) rings is 1. The van der Waals surface area contributed by atoms with Crippen LogP contribution < -0.4 is 15.0 Å². The van der Waals surface area contributed by atoms with Crippen LogP contribution in [0, 0.1) is 11.8 Å². The maximum Gasteiger partial charge on any atom is 0.243 e. The number of aromatic nitrogens is 2. The van der Waals surface area contributed by atoms with Crippen molar-refractivity contribution in [3.63, 3.8) is 0 Å². The van der Waals surface area contributed by atoms with E-state index in [4.69, 9.17) is 0 Å². The minimum Gasteiger partial charge on any atom is -0.543 e. The minimum absolute atomic E-state index is 0. The van der Waals surface area contributed by atoms with E-state index in [2.05, 4.69) is 9.88 Å². The standard InChI is InChI=1S/C23H31N5O5S.ClH/c1-12-18-17(13(2)29)22(31)28(18)19(23(32)33)20(12)34-15-8-16(24-9-15)21(30)26-5-4-14(10-26)27-7-6-25(3)11-27;/h6-7,11-18,24,29H,4-5,8-10H2,1-3H3;1H/t12-,13-,14+,15+,16+,17-,18-;/m1./s1. The summed E-state index contributed by atoms with van der Waals surface area (Å²) in [5.41, 5.74) is -0.0681. The molecular formula is C23H32ClN5O5S. The number of thioether (sulfide) groups is 1. The lowest BCUT2D eigenvalue weighted by molar-refractivity contribution is -0.718. The van der Waals surface area contributed by atoms with Crippen molar-refractivity contribution in [1.82, 2.24) is 19.7 Å². The molecule has 1 aromatic heterocycles. The number of aliphatic hydroxyl groups is 1. The normalized spacial score (nSPS) is 33.0. The number of imidazole rings is 1. The van der Waals surface area contributed by atoms with E-state index in [1.807, 2.05) is 42.2 Å². The summed E-state index contributed by atoms with van der Waals surface area (Å²) < 4.78 is 4.14. The molecule has 192 valence electrons. The summed E-state index contributed by atoms with van der Waals surface area (Å²) in [6.07, 6.45) is 6.72. The van der Waals surface area contributed by atoms with Crippen molar-refractivity contribution in [3.05, 3.63) is 29.3 Å². The topological polar surface area (TPSA) is 122 Å². The van der Waals surface area contributed by atoms with E-state index in [1.165, 1.54) is 16.7 Å². The van der Waals surface area contributed by atoms with Crippen molar-refractivity contribution in [2.75, 3.05) is 19.6 Å². The van der Waals surface area contributed by atoms with E-state index in [0.717, 1.165) is 13.0 Å². The van der Waals surface area contributed by atoms with Gasteiger partial charge in [-0.25, -0.2) is 9.13 Å². The Morgan fingerprint density at radius 3 is 2.74 bits per heavy atom. The summed E-state index contributed by atoms with van der Waals surface area (Å²) in [7, 11) is 1.98. The molecule has 0 bridgehead atoms. The van der Waals surface area contributed by atoms with Crippen molar-refractivity contribution < 1.29 is 29.2 Å². The Kier molecular flexibility index (Phi) is 7.25. The van der Waals surface area contributed by atoms with E-state index in [1.54, 1.807) is 6.92 Å². The second kappa shape index (κ2) is 9.76. The van der Waals surface area contributed by atoms with E-state index < -0.39 is 18.0 Å². The van der Waals surface area contributed by atoms with Gasteiger partial charge in [0.2, 0.25) is 18.1 Å². The third-order valence-electron chi connectivity index (χ3n) is 7.67. The van der Waals surface area contributed by atoms with Gasteiger partial charge in [0.15, 0.2) is 0 Å². The summed E-state index contributed by atoms with van der Waals surface area (Å²) in [6.45, 7) is 5.44. The van der Waals surface area contributed by atoms with Crippen LogP contribution >= 0.6 is 24.2 Å². The number of amides is 2. The maximum absolute atomic E-state index is 13.2. The highest BCUT2D eigenvalue weighted by molar-refractivity contribution is 8.03. The lowest BCUT2D eigenvalue weighted by atomic mass is 9.79. The summed E-state index contributed by atoms with van der Waals surface area (Å²) in [4.78, 5) is 41.4. The summed E-state index contributed by atoms with van der Waals surface area (Å²) in [5, 5.41) is 25.3. The lowest BCUT2D eigenvalue weighted by Gasteiger charge is -2.47. The SMILES string of the molecule is C[C@@H](O)[C@H]1C(=O)N2C(C(=O)[O-])=C(S[C@@H]3CN[C@H](C(=O)N4CC[C@H]([n+]5ccn(C)c5)C4)C3)[C@H](C)[C@H]12.Cl. The van der Waals surface area contributed by atoms with Gasteiger partial charge < -0.3 is 30.1 Å². The summed E-state index contributed by atoms with van der Waals surface area (Å²) in [5.74, 6) is -2.44. The molecular weight excluding hydrogens is 494 g/mol. The van der Waals surface area contributed by atoms with E-state index >= 15 is 0 Å². The highest BCUT2D eigenvalue weighted by Crippen LogP contribution is 2.51. The lowest BCUT2D eigenvalue weighted by Crippen LogP contribution is -2.64. The van der Waals surface area contributed by atoms with Crippen molar-refractivity contribution in [1.29, 1.82) is 0 Å². The number of carbonyl (C=O) groups is 3. The van der Waals surface area contributed by atoms with Crippen molar-refractivity contribution in [2.24, 2.45) is 18.9 Å². The molecule has 0 radical (unpaired) electrons. The van der Waals surface area contributed by atoms with Crippen LogP contribution in [0.4, 0.5) is 0 Å². The Morgan fingerprint density at radius 2 is 2.11 bits per heavy atom. The predicted octanol–water partition coefficient (Wildman–Crippen LogP) is -1.21. The summed E-state index contributed by atoms with van der Waals surface area (Å²) >= 11 is 1.43. The van der Waals surface area contributed by atoms with Gasteiger partial charge in [-0.3, -0.25) is 9.59 Å². The van der Waals surface area contributed by atoms with Crippen LogP contribution in [0.25, 0.3) is 0 Å². The molecule has 5 rings (SSSR count). The number of nitrogens with one attached hydrogen (secondary N) is 1. The average Bonchev–Trinajstić information content (AvgIpc) is 3.55. The molecule has 5 heterocycles. The molecule has 4 aliphatic rings. The van der Waals surface area contributed by atoms with Crippen LogP contribution in [-0.2, 0) is 21.4 Å². The first-order valence-electron chi connectivity index (χ1n) is 11.9. The highest BCUT2D eigenvalue weighted by atomic mass is 35.5. The van der Waals surface area contributed by atoms with Crippen LogP contribution in [0.1, 0.15) is 32.7 Å². The third-order valence-corrected chi connectivity index (χ3v) is 9.18. The molecule has 3 fully saturated rings. The first-order chi connectivity index (χ1) is 16.2. The third kappa shape index (κ3) is 4.36. The van der Waals surface area contributed by atoms with E-state index in [-0.39, 0.29) is 59.2 Å². The Morgan fingerprint density at radius 1 is 1.37 bits per heavy atom. The molecule has 0 aliphatic carbocycles. The number of aliphatic hydroxyl groups excluding tert-OH is 1. The smallest absolute Gasteiger partial charge is 0.243 e. The molecule has 1 aromatic rings. The van der Waals surface area contributed by atoms with Gasteiger partial charge in [0, 0.05) is 35.6 Å². The van der Waals surface area contributed by atoms with Gasteiger partial charge in [0.25, 0.3) is 0 Å². The molecule has 2 N–H and O–H groups in total. The molecule has 4 aliphatic heterocycles. The van der Waals surface area contributed by atoms with Crippen LogP contribution in [-0.4, -0.2) is 80.3 Å². The molecule has 0 unspecified atom stereocenters. The Balaban J connectivity index is 0.00000289. The van der Waals surface area contributed by atoms with Gasteiger partial charge in [0.05, 0.1) is 49.4 Å². The summed E-state index contributed by atoms with van der Waals surface area (Å²) in [6, 6.07) is -0.382. The number of halogens is 1. The van der Waals surface area contributed by atoms with Crippen LogP contribution in [0.3, 0.4) is 0 Å². The number of fused-ring (bicyclic) bond motifs is 1. The first kappa shape index (κ1) is 26.0. The van der Waals surface area contributed by atoms with E-state index in [0.29, 0.717) is 24.4 Å². The minimum atomic E-state index is -1.37. The molecule has 3 saturated heterocycles. The highest BCUT2D eigenvalue weighted by Gasteiger charge is 2.59. The number of carboxylic acids is 1. The van der Waals surface area contributed by atoms with Crippen LogP contribution in [0.2, 0.25) is 0 Å². The Hall–Kier alpha value is -2.08. The second-order valence-corrected chi connectivity index (χ2v) is 11.3. The molecule has 0 saturated carbocycles. The van der Waals surface area contributed by atoms with Crippen molar-refractivity contribution >= 4 is 42.0 Å². The molecule has 0 spiro atoms. The monoisotopic (exact) mass is 525 g/mol. The van der Waals surface area contributed by atoms with Crippen molar-refractivity contribution in [2.45, 2.75) is 56.2 Å². The Labute approximate surface area is 214 Å². The van der Waals surface area contributed by atoms with Crippen LogP contribution in [0.15, 0.2) is 29.3 Å². The zero-order valence-electron chi connectivity index (χ0n) is 20.0. The second-order valence-electron chi connectivity index (χ2n) is 9.94. The van der Waals surface area contributed by atoms with Gasteiger partial charge in [-0.1, -0.05) is 6.92 Å². The molecule has 35 heavy (non-hydrogen) atoms.